The minimum absolute atomic E-state index is 0.0328. The summed E-state index contributed by atoms with van der Waals surface area (Å²) in [5.74, 6) is 0.786. The smallest absolute Gasteiger partial charge is 0.251 e. The first-order valence-electron chi connectivity index (χ1n) is 7.94. The standard InChI is InChI=1S/C19H20N2O3/c1-24-15-8-6-13(7-9-15)10-18(22)20-11-14-12-21-19(23)17-5-3-2-4-16(14)17/h2-9,14H,10-12H2,1H3,(H,20,22)(H,21,23). The number of ether oxygens (including phenoxy) is 1. The van der Waals surface area contributed by atoms with E-state index < -0.39 is 0 Å². The zero-order chi connectivity index (χ0) is 16.9. The number of nitrogens with one attached hydrogen (secondary N) is 2. The lowest BCUT2D eigenvalue weighted by atomic mass is 9.90. The molecule has 0 aromatic heterocycles. The van der Waals surface area contributed by atoms with E-state index >= 15 is 0 Å². The third kappa shape index (κ3) is 3.56. The van der Waals surface area contributed by atoms with E-state index in [0.29, 0.717) is 25.1 Å². The molecule has 0 bridgehead atoms. The maximum absolute atomic E-state index is 12.2. The van der Waals surface area contributed by atoms with E-state index in [1.807, 2.05) is 48.5 Å². The van der Waals surface area contributed by atoms with Crippen LogP contribution in [-0.2, 0) is 11.2 Å². The Kier molecular flexibility index (Phi) is 4.79. The van der Waals surface area contributed by atoms with Gasteiger partial charge in [-0.2, -0.15) is 0 Å². The van der Waals surface area contributed by atoms with Crippen LogP contribution in [0.1, 0.15) is 27.4 Å². The second-order valence-electron chi connectivity index (χ2n) is 5.82. The van der Waals surface area contributed by atoms with Crippen LogP contribution in [0.25, 0.3) is 0 Å². The molecular formula is C19H20N2O3. The van der Waals surface area contributed by atoms with Crippen molar-refractivity contribution in [2.45, 2.75) is 12.3 Å². The van der Waals surface area contributed by atoms with Crippen LogP contribution in [0.2, 0.25) is 0 Å². The Morgan fingerprint density at radius 1 is 1.21 bits per heavy atom. The fourth-order valence-corrected chi connectivity index (χ4v) is 2.89. The monoisotopic (exact) mass is 324 g/mol. The lowest BCUT2D eigenvalue weighted by Crippen LogP contribution is -2.40. The molecule has 1 unspecified atom stereocenters. The van der Waals surface area contributed by atoms with Crippen molar-refractivity contribution < 1.29 is 14.3 Å². The van der Waals surface area contributed by atoms with E-state index in [1.165, 1.54) is 0 Å². The highest BCUT2D eigenvalue weighted by molar-refractivity contribution is 5.97. The summed E-state index contributed by atoms with van der Waals surface area (Å²) in [4.78, 5) is 24.0. The van der Waals surface area contributed by atoms with Crippen molar-refractivity contribution >= 4 is 11.8 Å². The van der Waals surface area contributed by atoms with Crippen LogP contribution < -0.4 is 15.4 Å². The molecule has 3 rings (SSSR count). The summed E-state index contributed by atoms with van der Waals surface area (Å²) in [6.45, 7) is 1.05. The maximum Gasteiger partial charge on any atom is 0.251 e. The molecule has 24 heavy (non-hydrogen) atoms. The summed E-state index contributed by atoms with van der Waals surface area (Å²) in [6.07, 6.45) is 0.324. The molecule has 2 aromatic carbocycles. The van der Waals surface area contributed by atoms with Crippen molar-refractivity contribution in [3.63, 3.8) is 0 Å². The minimum Gasteiger partial charge on any atom is -0.497 e. The van der Waals surface area contributed by atoms with Crippen molar-refractivity contribution in [2.75, 3.05) is 20.2 Å². The van der Waals surface area contributed by atoms with Crippen molar-refractivity contribution in [1.29, 1.82) is 0 Å². The summed E-state index contributed by atoms with van der Waals surface area (Å²) < 4.78 is 5.11. The van der Waals surface area contributed by atoms with Gasteiger partial charge in [0.05, 0.1) is 13.5 Å². The SMILES string of the molecule is COc1ccc(CC(=O)NCC2CNC(=O)c3ccccc32)cc1. The van der Waals surface area contributed by atoms with Gasteiger partial charge in [-0.05, 0) is 29.3 Å². The summed E-state index contributed by atoms with van der Waals surface area (Å²) in [5.41, 5.74) is 2.62. The predicted octanol–water partition coefficient (Wildman–Crippen LogP) is 1.88. The van der Waals surface area contributed by atoms with E-state index in [1.54, 1.807) is 7.11 Å². The van der Waals surface area contributed by atoms with E-state index in [0.717, 1.165) is 16.9 Å². The van der Waals surface area contributed by atoms with Crippen molar-refractivity contribution in [3.8, 4) is 5.75 Å². The number of amides is 2. The van der Waals surface area contributed by atoms with Gasteiger partial charge in [-0.3, -0.25) is 9.59 Å². The number of methoxy groups -OCH3 is 1. The summed E-state index contributed by atoms with van der Waals surface area (Å²) in [6, 6.07) is 15.0. The molecule has 2 N–H and O–H groups in total. The number of rotatable bonds is 5. The lowest BCUT2D eigenvalue weighted by molar-refractivity contribution is -0.120. The molecule has 0 aliphatic carbocycles. The molecule has 2 aromatic rings. The highest BCUT2D eigenvalue weighted by atomic mass is 16.5. The number of carbonyl (C=O) groups is 2. The van der Waals surface area contributed by atoms with Gasteiger partial charge in [0, 0.05) is 24.6 Å². The largest absolute Gasteiger partial charge is 0.497 e. The molecule has 124 valence electrons. The zero-order valence-electron chi connectivity index (χ0n) is 13.5. The molecule has 5 nitrogen and oxygen atoms in total. The van der Waals surface area contributed by atoms with Gasteiger partial charge in [0.1, 0.15) is 5.75 Å². The molecular weight excluding hydrogens is 304 g/mol. The minimum atomic E-state index is -0.0496. The Balaban J connectivity index is 1.58. The quantitative estimate of drug-likeness (QED) is 0.882. The molecule has 5 heteroatoms. The van der Waals surface area contributed by atoms with Crippen LogP contribution in [0.15, 0.2) is 48.5 Å². The molecule has 2 amide bonds. The molecule has 0 spiro atoms. The Labute approximate surface area is 141 Å². The van der Waals surface area contributed by atoms with Gasteiger partial charge in [0.25, 0.3) is 5.91 Å². The average Bonchev–Trinajstić information content (AvgIpc) is 2.62. The van der Waals surface area contributed by atoms with Crippen LogP contribution in [0.4, 0.5) is 0 Å². The van der Waals surface area contributed by atoms with E-state index in [-0.39, 0.29) is 17.7 Å². The third-order valence-corrected chi connectivity index (χ3v) is 4.22. The van der Waals surface area contributed by atoms with Gasteiger partial charge in [0.15, 0.2) is 0 Å². The van der Waals surface area contributed by atoms with Crippen molar-refractivity contribution in [2.24, 2.45) is 0 Å². The third-order valence-electron chi connectivity index (χ3n) is 4.22. The molecule has 1 aliphatic rings. The second-order valence-corrected chi connectivity index (χ2v) is 5.82. The molecule has 1 heterocycles. The molecule has 0 saturated heterocycles. The van der Waals surface area contributed by atoms with Crippen molar-refractivity contribution in [3.05, 3.63) is 65.2 Å². The topological polar surface area (TPSA) is 67.4 Å². The van der Waals surface area contributed by atoms with Gasteiger partial charge in [-0.25, -0.2) is 0 Å². The molecule has 0 saturated carbocycles. The Bertz CT molecular complexity index is 741. The van der Waals surface area contributed by atoms with Crippen LogP contribution >= 0.6 is 0 Å². The fraction of sp³-hybridized carbons (Fsp3) is 0.263. The zero-order valence-corrected chi connectivity index (χ0v) is 13.5. The number of benzene rings is 2. The number of hydrogen-bond acceptors (Lipinski definition) is 3. The Hall–Kier alpha value is -2.82. The normalized spacial score (nSPS) is 16.0. The highest BCUT2D eigenvalue weighted by Crippen LogP contribution is 2.23. The van der Waals surface area contributed by atoms with Gasteiger partial charge in [-0.15, -0.1) is 0 Å². The van der Waals surface area contributed by atoms with E-state index in [2.05, 4.69) is 10.6 Å². The number of carbonyl (C=O) groups excluding carboxylic acids is 2. The summed E-state index contributed by atoms with van der Waals surface area (Å²) >= 11 is 0. The van der Waals surface area contributed by atoms with Gasteiger partial charge < -0.3 is 15.4 Å². The predicted molar refractivity (Wildman–Crippen MR) is 91.2 cm³/mol. The van der Waals surface area contributed by atoms with Crippen molar-refractivity contribution in [1.82, 2.24) is 10.6 Å². The Morgan fingerprint density at radius 3 is 2.71 bits per heavy atom. The van der Waals surface area contributed by atoms with Gasteiger partial charge in [-0.1, -0.05) is 30.3 Å². The average molecular weight is 324 g/mol. The maximum atomic E-state index is 12.2. The molecule has 0 radical (unpaired) electrons. The fourth-order valence-electron chi connectivity index (χ4n) is 2.89. The van der Waals surface area contributed by atoms with E-state index in [4.69, 9.17) is 4.74 Å². The number of fused-ring (bicyclic) bond motifs is 1. The highest BCUT2D eigenvalue weighted by Gasteiger charge is 2.24. The van der Waals surface area contributed by atoms with E-state index in [9.17, 15) is 9.59 Å². The second kappa shape index (κ2) is 7.17. The van der Waals surface area contributed by atoms with Gasteiger partial charge in [0.2, 0.25) is 5.91 Å². The van der Waals surface area contributed by atoms with Crippen LogP contribution in [0, 0.1) is 0 Å². The summed E-state index contributed by atoms with van der Waals surface area (Å²) in [7, 11) is 1.61. The number of hydrogen-bond donors (Lipinski definition) is 2. The van der Waals surface area contributed by atoms with Crippen LogP contribution in [0.3, 0.4) is 0 Å². The molecule has 0 fully saturated rings. The first kappa shape index (κ1) is 16.1. The first-order chi connectivity index (χ1) is 11.7. The first-order valence-corrected chi connectivity index (χ1v) is 7.94. The molecule has 1 atom stereocenters. The van der Waals surface area contributed by atoms with Crippen LogP contribution in [-0.4, -0.2) is 32.0 Å². The summed E-state index contributed by atoms with van der Waals surface area (Å²) in [5, 5.41) is 5.83. The lowest BCUT2D eigenvalue weighted by Gasteiger charge is -2.25. The Morgan fingerprint density at radius 2 is 1.96 bits per heavy atom. The van der Waals surface area contributed by atoms with Gasteiger partial charge >= 0.3 is 0 Å². The molecule has 1 aliphatic heterocycles. The van der Waals surface area contributed by atoms with Crippen LogP contribution in [0.5, 0.6) is 5.75 Å².